The highest BCUT2D eigenvalue weighted by Crippen LogP contribution is 2.29. The predicted octanol–water partition coefficient (Wildman–Crippen LogP) is 3.27. The number of carbonyl (C=O) groups is 2. The van der Waals surface area contributed by atoms with E-state index in [1.54, 1.807) is 0 Å². The van der Waals surface area contributed by atoms with E-state index in [-0.39, 0.29) is 11.0 Å². The number of esters is 1. The van der Waals surface area contributed by atoms with E-state index in [1.165, 1.54) is 6.92 Å². The second kappa shape index (κ2) is 6.56. The van der Waals surface area contributed by atoms with E-state index in [0.29, 0.717) is 0 Å². The van der Waals surface area contributed by atoms with E-state index >= 15 is 0 Å². The fraction of sp³-hybridized carbons (Fsp3) is 0.692. The summed E-state index contributed by atoms with van der Waals surface area (Å²) in [4.78, 5) is 31.3. The topological polar surface area (TPSA) is 82.1 Å². The van der Waals surface area contributed by atoms with Gasteiger partial charge in [0, 0.05) is 0 Å². The Labute approximate surface area is 113 Å². The normalized spacial score (nSPS) is 13.1. The van der Waals surface area contributed by atoms with Crippen LogP contribution in [0.15, 0.2) is 11.8 Å². The van der Waals surface area contributed by atoms with Crippen LogP contribution in [0, 0.1) is 5.41 Å². The maximum absolute atomic E-state index is 11.1. The lowest BCUT2D eigenvalue weighted by molar-refractivity contribution is -0.322. The molecule has 0 bridgehead atoms. The van der Waals surface area contributed by atoms with Gasteiger partial charge in [-0.2, -0.15) is 4.89 Å². The molecule has 0 amide bonds. The zero-order valence-corrected chi connectivity index (χ0v) is 12.3. The van der Waals surface area contributed by atoms with Crippen LogP contribution in [-0.2, 0) is 19.3 Å². The molecule has 6 heteroatoms. The van der Waals surface area contributed by atoms with Gasteiger partial charge in [0.05, 0.1) is 5.57 Å². The van der Waals surface area contributed by atoms with Crippen molar-refractivity contribution in [2.75, 3.05) is 0 Å². The lowest BCUT2D eigenvalue weighted by Gasteiger charge is -2.30. The molecule has 0 fully saturated rings. The van der Waals surface area contributed by atoms with E-state index in [9.17, 15) is 9.59 Å². The van der Waals surface area contributed by atoms with Crippen molar-refractivity contribution in [3.05, 3.63) is 11.8 Å². The highest BCUT2D eigenvalue weighted by atomic mass is 17.2. The summed E-state index contributed by atoms with van der Waals surface area (Å²) >= 11 is 0. The summed E-state index contributed by atoms with van der Waals surface area (Å²) in [6, 6.07) is 0. The number of carbonyl (C=O) groups excluding carboxylic acids is 1. The van der Waals surface area contributed by atoms with Gasteiger partial charge in [0.25, 0.3) is 0 Å². The van der Waals surface area contributed by atoms with Crippen molar-refractivity contribution >= 4 is 12.1 Å². The molecule has 6 nitrogen and oxygen atoms in total. The summed E-state index contributed by atoms with van der Waals surface area (Å²) in [6.45, 7) is 11.3. The fourth-order valence-electron chi connectivity index (χ4n) is 1.74. The fourth-order valence-corrected chi connectivity index (χ4v) is 1.74. The van der Waals surface area contributed by atoms with E-state index in [2.05, 4.69) is 25.5 Å². The van der Waals surface area contributed by atoms with Crippen molar-refractivity contribution in [2.24, 2.45) is 5.41 Å². The third kappa shape index (κ3) is 9.07. The summed E-state index contributed by atoms with van der Waals surface area (Å²) in [7, 11) is 0. The molecule has 0 saturated carbocycles. The second-order valence-electron chi connectivity index (χ2n) is 6.13. The monoisotopic (exact) mass is 274 g/mol. The van der Waals surface area contributed by atoms with Gasteiger partial charge in [-0.1, -0.05) is 20.8 Å². The van der Waals surface area contributed by atoms with Crippen LogP contribution in [0.4, 0.5) is 4.79 Å². The summed E-state index contributed by atoms with van der Waals surface area (Å²) in [6.07, 6.45) is 0.106. The lowest BCUT2D eigenvalue weighted by atomic mass is 9.84. The van der Waals surface area contributed by atoms with Gasteiger partial charge in [-0.3, -0.25) is 0 Å². The van der Waals surface area contributed by atoms with Crippen LogP contribution in [0.2, 0.25) is 0 Å². The zero-order valence-electron chi connectivity index (χ0n) is 12.3. The molecule has 0 aliphatic heterocycles. The minimum Gasteiger partial charge on any atom is -0.449 e. The average Bonchev–Trinajstić information content (AvgIpc) is 2.11. The Morgan fingerprint density at radius 2 is 1.68 bits per heavy atom. The molecule has 0 spiro atoms. The Morgan fingerprint density at radius 3 is 2.11 bits per heavy atom. The highest BCUT2D eigenvalue weighted by molar-refractivity contribution is 5.93. The minimum absolute atomic E-state index is 0.00559. The Bertz CT molecular complexity index is 362. The summed E-state index contributed by atoms with van der Waals surface area (Å²) in [5.41, 5.74) is -0.478. The Balaban J connectivity index is 4.34. The maximum Gasteiger partial charge on any atom is 0.513 e. The molecule has 0 aliphatic carbocycles. The van der Waals surface area contributed by atoms with E-state index in [0.717, 1.165) is 12.7 Å². The summed E-state index contributed by atoms with van der Waals surface area (Å²) in [5.74, 6) is -0.996. The Morgan fingerprint density at radius 1 is 1.16 bits per heavy atom. The molecule has 0 aromatic rings. The molecule has 110 valence electrons. The van der Waals surface area contributed by atoms with Gasteiger partial charge < -0.3 is 14.7 Å². The van der Waals surface area contributed by atoms with Gasteiger partial charge in [0.1, 0.15) is 11.9 Å². The first-order valence-electron chi connectivity index (χ1n) is 5.89. The summed E-state index contributed by atoms with van der Waals surface area (Å²) in [5, 5.41) is 8.27. The van der Waals surface area contributed by atoms with Gasteiger partial charge in [-0.25, -0.2) is 9.59 Å². The smallest absolute Gasteiger partial charge is 0.449 e. The van der Waals surface area contributed by atoms with Crippen molar-refractivity contribution in [1.29, 1.82) is 0 Å². The third-order valence-corrected chi connectivity index (χ3v) is 1.96. The van der Waals surface area contributed by atoms with Crippen LogP contribution in [0.1, 0.15) is 48.0 Å². The van der Waals surface area contributed by atoms with Gasteiger partial charge in [-0.15, -0.1) is 0 Å². The van der Waals surface area contributed by atoms with Crippen molar-refractivity contribution in [3.63, 3.8) is 0 Å². The van der Waals surface area contributed by atoms with Crippen molar-refractivity contribution in [3.8, 4) is 0 Å². The third-order valence-electron chi connectivity index (χ3n) is 1.96. The molecule has 0 aromatic carbocycles. The first kappa shape index (κ1) is 17.4. The number of carboxylic acid groups (broad SMARTS) is 1. The largest absolute Gasteiger partial charge is 0.513 e. The quantitative estimate of drug-likeness (QED) is 0.207. The number of hydrogen-bond donors (Lipinski definition) is 1. The predicted molar refractivity (Wildman–Crippen MR) is 68.2 cm³/mol. The second-order valence-corrected chi connectivity index (χ2v) is 6.13. The first-order valence-corrected chi connectivity index (χ1v) is 5.89. The van der Waals surface area contributed by atoms with Crippen molar-refractivity contribution in [1.82, 2.24) is 0 Å². The van der Waals surface area contributed by atoms with E-state index in [4.69, 9.17) is 14.9 Å². The maximum atomic E-state index is 11.1. The molecule has 0 aromatic heterocycles. The molecular weight excluding hydrogens is 252 g/mol. The van der Waals surface area contributed by atoms with Gasteiger partial charge in [-0.05, 0) is 32.6 Å². The molecule has 0 saturated heterocycles. The van der Waals surface area contributed by atoms with Crippen LogP contribution >= 0.6 is 0 Å². The molecule has 19 heavy (non-hydrogen) atoms. The standard InChI is InChI=1S/C13H22O6/c1-9(10(14)18-11(15)16)7-17-19-13(5,6)8-12(2,3)4/h7H,8H2,1-6H3,(H,15,16). The highest BCUT2D eigenvalue weighted by Gasteiger charge is 2.27. The zero-order chi connectivity index (χ0) is 15.3. The lowest BCUT2D eigenvalue weighted by Crippen LogP contribution is -2.29. The van der Waals surface area contributed by atoms with E-state index in [1.807, 2.05) is 13.8 Å². The summed E-state index contributed by atoms with van der Waals surface area (Å²) < 4.78 is 3.95. The van der Waals surface area contributed by atoms with Crippen molar-refractivity contribution in [2.45, 2.75) is 53.6 Å². The SMILES string of the molecule is CC(=COOC(C)(C)CC(C)(C)C)C(=O)OC(=O)O. The van der Waals surface area contributed by atoms with Gasteiger partial charge in [0.15, 0.2) is 0 Å². The average molecular weight is 274 g/mol. The minimum atomic E-state index is -1.66. The number of rotatable bonds is 5. The molecule has 0 heterocycles. The van der Waals surface area contributed by atoms with Crippen LogP contribution < -0.4 is 0 Å². The molecule has 0 unspecified atom stereocenters. The number of ether oxygens (including phenoxy) is 1. The first-order chi connectivity index (χ1) is 8.43. The van der Waals surface area contributed by atoms with Crippen LogP contribution in [-0.4, -0.2) is 22.8 Å². The van der Waals surface area contributed by atoms with Crippen LogP contribution in [0.25, 0.3) is 0 Å². The Hall–Kier alpha value is -1.56. The van der Waals surface area contributed by atoms with Gasteiger partial charge in [0.2, 0.25) is 0 Å². The molecule has 1 N–H and O–H groups in total. The van der Waals surface area contributed by atoms with Crippen LogP contribution in [0.3, 0.4) is 0 Å². The Kier molecular flexibility index (Phi) is 6.02. The van der Waals surface area contributed by atoms with E-state index < -0.39 is 17.7 Å². The van der Waals surface area contributed by atoms with Gasteiger partial charge >= 0.3 is 12.1 Å². The van der Waals surface area contributed by atoms with Crippen molar-refractivity contribution < 1.29 is 29.2 Å². The van der Waals surface area contributed by atoms with Crippen LogP contribution in [0.5, 0.6) is 0 Å². The number of hydrogen-bond acceptors (Lipinski definition) is 5. The molecular formula is C13H22O6. The molecule has 0 aliphatic rings. The molecule has 0 atom stereocenters. The molecule has 0 rings (SSSR count). The molecule has 0 radical (unpaired) electrons.